The highest BCUT2D eigenvalue weighted by atomic mass is 35.5. The zero-order valence-corrected chi connectivity index (χ0v) is 31.3. The number of carbonyl (C=O) groups excluding carboxylic acids is 2. The summed E-state index contributed by atoms with van der Waals surface area (Å²) in [5.41, 5.74) is 0.131. The quantitative estimate of drug-likeness (QED) is 0.161. The molecule has 0 bridgehead atoms. The Hall–Kier alpha value is -3.91. The number of likely N-dealkylation sites (tertiary alicyclic amines) is 1. The maximum absolute atomic E-state index is 13.2. The van der Waals surface area contributed by atoms with E-state index in [1.54, 1.807) is 24.4 Å². The molecule has 3 aliphatic carbocycles. The van der Waals surface area contributed by atoms with E-state index >= 15 is 0 Å². The average molecular weight is 740 g/mol. The van der Waals surface area contributed by atoms with Crippen LogP contribution in [-0.2, 0) is 14.8 Å². The van der Waals surface area contributed by atoms with E-state index in [1.165, 1.54) is 48.6 Å². The van der Waals surface area contributed by atoms with Crippen LogP contribution in [0.2, 0.25) is 5.15 Å². The van der Waals surface area contributed by atoms with E-state index in [2.05, 4.69) is 34.2 Å². The highest BCUT2D eigenvalue weighted by molar-refractivity contribution is 7.90. The second-order valence-electron chi connectivity index (χ2n) is 16.1. The molecule has 3 saturated carbocycles. The topological polar surface area (TPSA) is 158 Å². The molecule has 2 amide bonds. The number of pyridine rings is 2. The summed E-state index contributed by atoms with van der Waals surface area (Å²) in [6.45, 7) is 11.5. The highest BCUT2D eigenvalue weighted by Gasteiger charge is 2.86. The van der Waals surface area contributed by atoms with Gasteiger partial charge in [-0.25, -0.2) is 24.2 Å². The molecule has 2 spiro atoms. The van der Waals surface area contributed by atoms with Crippen molar-refractivity contribution < 1.29 is 27.5 Å². The molecule has 1 saturated heterocycles. The van der Waals surface area contributed by atoms with Gasteiger partial charge in [-0.2, -0.15) is 8.42 Å². The Labute approximate surface area is 303 Å². The Bertz CT molecular complexity index is 1930. The first kappa shape index (κ1) is 35.5. The van der Waals surface area contributed by atoms with Gasteiger partial charge in [-0.15, -0.1) is 5.10 Å². The molecule has 1 atom stereocenters. The number of carbonyl (C=O) groups is 2. The minimum absolute atomic E-state index is 0.111. The van der Waals surface area contributed by atoms with Crippen LogP contribution >= 0.6 is 11.6 Å². The molecule has 1 aliphatic heterocycles. The van der Waals surface area contributed by atoms with Crippen molar-refractivity contribution in [1.29, 1.82) is 0 Å². The third-order valence-corrected chi connectivity index (χ3v) is 12.5. The average Bonchev–Trinajstić information content (AvgIpc) is 4.00. The third kappa shape index (κ3) is 7.13. The fourth-order valence-corrected chi connectivity index (χ4v) is 9.41. The van der Waals surface area contributed by atoms with Gasteiger partial charge in [-0.3, -0.25) is 4.79 Å². The number of ether oxygens (including phenoxy) is 2. The molecule has 7 rings (SSSR count). The van der Waals surface area contributed by atoms with Crippen molar-refractivity contribution in [1.82, 2.24) is 29.4 Å². The van der Waals surface area contributed by atoms with Crippen LogP contribution in [-0.4, -0.2) is 75.9 Å². The zero-order valence-electron chi connectivity index (χ0n) is 29.7. The van der Waals surface area contributed by atoms with E-state index in [-0.39, 0.29) is 27.4 Å². The SMILES string of the molecule is CC(C)(C)OC(=O)N1C[C@@H](CCCNc2cccc(S(=O)(=O)NC(=O)c3ccc(-n4ccc(OCC5C6(CC6)C56CC6)n4)nc3Cl)n2)CC1(C)C. The van der Waals surface area contributed by atoms with E-state index in [1.807, 2.05) is 30.4 Å². The van der Waals surface area contributed by atoms with E-state index < -0.39 is 21.5 Å². The number of hydrogen-bond acceptors (Lipinski definition) is 10. The molecule has 51 heavy (non-hydrogen) atoms. The zero-order chi connectivity index (χ0) is 36.4. The van der Waals surface area contributed by atoms with Gasteiger partial charge in [-0.1, -0.05) is 17.7 Å². The summed E-state index contributed by atoms with van der Waals surface area (Å²) in [6.07, 6.45) is 9.20. The Morgan fingerprint density at radius 3 is 2.43 bits per heavy atom. The molecule has 3 aromatic heterocycles. The van der Waals surface area contributed by atoms with E-state index in [4.69, 9.17) is 21.1 Å². The molecule has 4 aliphatic rings. The van der Waals surface area contributed by atoms with E-state index in [0.29, 0.717) is 59.9 Å². The van der Waals surface area contributed by atoms with E-state index in [9.17, 15) is 18.0 Å². The molecule has 274 valence electrons. The number of anilines is 1. The molecule has 4 fully saturated rings. The Kier molecular flexibility index (Phi) is 8.80. The number of fused-ring (bicyclic) bond motifs is 1. The standard InChI is InChI=1S/C36H46ClN7O6S/c1-33(2,3)50-32(46)43-21-23(20-34(43,4)5)8-7-18-38-26-9-6-10-29(39-26)51(47,48)42-31(45)24-11-12-27(40-30(24)37)44-19-13-28(41-44)49-22-25-35(14-15-35)36(25)16-17-36/h6,9-13,19,23,25H,7-8,14-18,20-22H2,1-5H3,(H,38,39)(H,42,45)/t23-/m0/s1. The highest BCUT2D eigenvalue weighted by Crippen LogP contribution is 2.92. The maximum atomic E-state index is 13.2. The van der Waals surface area contributed by atoms with Gasteiger partial charge < -0.3 is 19.7 Å². The Balaban J connectivity index is 0.895. The predicted octanol–water partition coefficient (Wildman–Crippen LogP) is 6.23. The number of nitrogens with zero attached hydrogens (tertiary/aromatic N) is 5. The number of rotatable bonds is 12. The summed E-state index contributed by atoms with van der Waals surface area (Å²) in [6, 6.07) is 9.22. The van der Waals surface area contributed by atoms with Gasteiger partial charge in [0.2, 0.25) is 5.88 Å². The van der Waals surface area contributed by atoms with Crippen molar-refractivity contribution in [2.24, 2.45) is 22.7 Å². The second kappa shape index (κ2) is 12.6. The third-order valence-electron chi connectivity index (χ3n) is 11.0. The first-order chi connectivity index (χ1) is 24.0. The summed E-state index contributed by atoms with van der Waals surface area (Å²) < 4.78 is 41.5. The first-order valence-electron chi connectivity index (χ1n) is 17.7. The number of halogens is 1. The van der Waals surface area contributed by atoms with E-state index in [0.717, 1.165) is 19.3 Å². The normalized spacial score (nSPS) is 21.1. The van der Waals surface area contributed by atoms with Crippen LogP contribution in [0.5, 0.6) is 5.88 Å². The smallest absolute Gasteiger partial charge is 0.410 e. The Morgan fingerprint density at radius 1 is 1.04 bits per heavy atom. The second-order valence-corrected chi connectivity index (χ2v) is 18.1. The van der Waals surface area contributed by atoms with Gasteiger partial charge >= 0.3 is 6.09 Å². The lowest BCUT2D eigenvalue weighted by Gasteiger charge is -2.33. The largest absolute Gasteiger partial charge is 0.476 e. The molecule has 15 heteroatoms. The van der Waals surface area contributed by atoms with Crippen LogP contribution in [0.15, 0.2) is 47.6 Å². The summed E-state index contributed by atoms with van der Waals surface area (Å²) in [5.74, 6) is 1.22. The number of amides is 2. The minimum Gasteiger partial charge on any atom is -0.476 e. The van der Waals surface area contributed by atoms with Crippen LogP contribution in [0.25, 0.3) is 5.82 Å². The van der Waals surface area contributed by atoms with Crippen LogP contribution in [0.3, 0.4) is 0 Å². The molecule has 0 aromatic carbocycles. The van der Waals surface area contributed by atoms with Crippen molar-refractivity contribution in [3.8, 4) is 11.7 Å². The van der Waals surface area contributed by atoms with Gasteiger partial charge in [-0.05, 0) is 121 Å². The minimum atomic E-state index is -4.33. The monoisotopic (exact) mass is 739 g/mol. The van der Waals surface area contributed by atoms with Crippen molar-refractivity contribution in [3.63, 3.8) is 0 Å². The lowest BCUT2D eigenvalue weighted by molar-refractivity contribution is 0.0130. The fraction of sp³-hybridized carbons (Fsp3) is 0.583. The van der Waals surface area contributed by atoms with Crippen LogP contribution in [0.1, 0.15) is 89.9 Å². The van der Waals surface area contributed by atoms with Gasteiger partial charge in [0, 0.05) is 36.8 Å². The fourth-order valence-electron chi connectivity index (χ4n) is 8.24. The maximum Gasteiger partial charge on any atom is 0.410 e. The number of hydrogen-bond donors (Lipinski definition) is 2. The van der Waals surface area contributed by atoms with Crippen molar-refractivity contribution in [2.45, 2.75) is 95.7 Å². The summed E-state index contributed by atoms with van der Waals surface area (Å²) in [5, 5.41) is 7.13. The van der Waals surface area contributed by atoms with Gasteiger partial charge in [0.15, 0.2) is 10.8 Å². The molecule has 0 radical (unpaired) electrons. The van der Waals surface area contributed by atoms with Gasteiger partial charge in [0.05, 0.1) is 12.2 Å². The number of sulfonamides is 1. The van der Waals surface area contributed by atoms with Crippen LogP contribution in [0, 0.1) is 22.7 Å². The summed E-state index contributed by atoms with van der Waals surface area (Å²) in [7, 11) is -4.33. The molecular weight excluding hydrogens is 694 g/mol. The lowest BCUT2D eigenvalue weighted by atomic mass is 9.93. The van der Waals surface area contributed by atoms with Crippen LogP contribution in [0.4, 0.5) is 10.6 Å². The molecular formula is C36H46ClN7O6S. The molecule has 0 unspecified atom stereocenters. The molecule has 13 nitrogen and oxygen atoms in total. The lowest BCUT2D eigenvalue weighted by Crippen LogP contribution is -2.45. The number of aromatic nitrogens is 4. The van der Waals surface area contributed by atoms with Gasteiger partial charge in [0.1, 0.15) is 16.6 Å². The summed E-state index contributed by atoms with van der Waals surface area (Å²) >= 11 is 6.36. The van der Waals surface area contributed by atoms with Crippen molar-refractivity contribution in [3.05, 3.63) is 53.3 Å². The first-order valence-corrected chi connectivity index (χ1v) is 19.5. The molecule has 4 heterocycles. The Morgan fingerprint density at radius 2 is 1.76 bits per heavy atom. The van der Waals surface area contributed by atoms with Crippen LogP contribution < -0.4 is 14.8 Å². The number of nitrogens with one attached hydrogen (secondary N) is 2. The molecule has 3 aromatic rings. The van der Waals surface area contributed by atoms with Gasteiger partial charge in [0.25, 0.3) is 15.9 Å². The molecule has 2 N–H and O–H groups in total. The predicted molar refractivity (Wildman–Crippen MR) is 190 cm³/mol. The summed E-state index contributed by atoms with van der Waals surface area (Å²) in [4.78, 5) is 36.1. The van der Waals surface area contributed by atoms with Crippen molar-refractivity contribution in [2.75, 3.05) is 25.0 Å². The van der Waals surface area contributed by atoms with Crippen molar-refractivity contribution >= 4 is 39.4 Å².